The fourth-order valence-electron chi connectivity index (χ4n) is 1.87. The van der Waals surface area contributed by atoms with Crippen LogP contribution in [0, 0.1) is 17.0 Å². The monoisotopic (exact) mass is 333 g/mol. The van der Waals surface area contributed by atoms with Crippen molar-refractivity contribution in [1.29, 1.82) is 0 Å². The summed E-state index contributed by atoms with van der Waals surface area (Å²) < 4.78 is 0. The van der Waals surface area contributed by atoms with Gasteiger partial charge in [-0.05, 0) is 30.7 Å². The van der Waals surface area contributed by atoms with E-state index in [0.717, 1.165) is 11.6 Å². The molecule has 0 spiro atoms. The lowest BCUT2D eigenvalue weighted by atomic mass is 10.1. The van der Waals surface area contributed by atoms with Gasteiger partial charge in [-0.15, -0.1) is 0 Å². The molecule has 2 aromatic rings. The van der Waals surface area contributed by atoms with E-state index in [1.54, 1.807) is 31.2 Å². The molecule has 0 heterocycles. The van der Waals surface area contributed by atoms with Crippen LogP contribution in [0.15, 0.2) is 42.5 Å². The van der Waals surface area contributed by atoms with Crippen molar-refractivity contribution in [1.82, 2.24) is 10.9 Å². The van der Waals surface area contributed by atoms with Crippen molar-refractivity contribution >= 4 is 29.1 Å². The number of rotatable bonds is 3. The first-order chi connectivity index (χ1) is 10.9. The minimum absolute atomic E-state index is 0.00573. The summed E-state index contributed by atoms with van der Waals surface area (Å²) in [5, 5.41) is 10.7. The molecule has 2 amide bonds. The van der Waals surface area contributed by atoms with Gasteiger partial charge in [0.1, 0.15) is 5.02 Å². The average molecular weight is 334 g/mol. The molecule has 2 aromatic carbocycles. The van der Waals surface area contributed by atoms with E-state index in [0.29, 0.717) is 5.56 Å². The smallest absolute Gasteiger partial charge is 0.267 e. The zero-order chi connectivity index (χ0) is 17.0. The SMILES string of the molecule is Cc1ccccc1C(=O)NNC(=O)c1ccc(Cl)c([N+](=O)[O-])c1. The fourth-order valence-corrected chi connectivity index (χ4v) is 2.06. The van der Waals surface area contributed by atoms with E-state index in [2.05, 4.69) is 10.9 Å². The van der Waals surface area contributed by atoms with Crippen LogP contribution in [-0.2, 0) is 0 Å². The van der Waals surface area contributed by atoms with Gasteiger partial charge in [0, 0.05) is 17.2 Å². The molecule has 0 atom stereocenters. The van der Waals surface area contributed by atoms with E-state index in [9.17, 15) is 19.7 Å². The summed E-state index contributed by atoms with van der Waals surface area (Å²) in [4.78, 5) is 34.1. The molecule has 0 aliphatic rings. The molecular weight excluding hydrogens is 322 g/mol. The molecule has 0 saturated carbocycles. The molecule has 0 aliphatic carbocycles. The molecular formula is C15H12ClN3O4. The minimum Gasteiger partial charge on any atom is -0.267 e. The number of hydrogen-bond acceptors (Lipinski definition) is 4. The van der Waals surface area contributed by atoms with Gasteiger partial charge in [-0.2, -0.15) is 0 Å². The number of carbonyl (C=O) groups excluding carboxylic acids is 2. The van der Waals surface area contributed by atoms with E-state index in [1.807, 2.05) is 0 Å². The zero-order valence-electron chi connectivity index (χ0n) is 12.0. The molecule has 0 bridgehead atoms. The van der Waals surface area contributed by atoms with E-state index in [-0.39, 0.29) is 16.3 Å². The Labute approximate surface area is 136 Å². The van der Waals surface area contributed by atoms with Crippen molar-refractivity contribution in [2.24, 2.45) is 0 Å². The van der Waals surface area contributed by atoms with Gasteiger partial charge >= 0.3 is 0 Å². The van der Waals surface area contributed by atoms with E-state index >= 15 is 0 Å². The van der Waals surface area contributed by atoms with Gasteiger partial charge in [-0.3, -0.25) is 30.6 Å². The fraction of sp³-hybridized carbons (Fsp3) is 0.0667. The van der Waals surface area contributed by atoms with Crippen LogP contribution in [-0.4, -0.2) is 16.7 Å². The number of hydrazine groups is 1. The molecule has 0 aromatic heterocycles. The normalized spacial score (nSPS) is 10.0. The molecule has 0 aliphatic heterocycles. The number of carbonyl (C=O) groups is 2. The first-order valence-corrected chi connectivity index (χ1v) is 6.88. The Hall–Kier alpha value is -2.93. The quantitative estimate of drug-likeness (QED) is 0.665. The van der Waals surface area contributed by atoms with E-state index in [1.165, 1.54) is 12.1 Å². The Kier molecular flexibility index (Phi) is 4.92. The van der Waals surface area contributed by atoms with Gasteiger partial charge in [-0.25, -0.2) is 0 Å². The van der Waals surface area contributed by atoms with Crippen LogP contribution >= 0.6 is 11.6 Å². The summed E-state index contributed by atoms with van der Waals surface area (Å²) in [6, 6.07) is 10.5. The minimum atomic E-state index is -0.689. The van der Waals surface area contributed by atoms with E-state index in [4.69, 9.17) is 11.6 Å². The highest BCUT2D eigenvalue weighted by Crippen LogP contribution is 2.24. The largest absolute Gasteiger partial charge is 0.288 e. The average Bonchev–Trinajstić information content (AvgIpc) is 2.52. The van der Waals surface area contributed by atoms with Gasteiger partial charge in [0.15, 0.2) is 0 Å². The van der Waals surface area contributed by atoms with Gasteiger partial charge in [0.25, 0.3) is 17.5 Å². The Morgan fingerprint density at radius 2 is 1.74 bits per heavy atom. The second-order valence-corrected chi connectivity index (χ2v) is 5.05. The maximum Gasteiger partial charge on any atom is 0.288 e. The van der Waals surface area contributed by atoms with Gasteiger partial charge in [0.05, 0.1) is 4.92 Å². The third-order valence-corrected chi connectivity index (χ3v) is 3.40. The van der Waals surface area contributed by atoms with Crippen molar-refractivity contribution in [2.45, 2.75) is 6.92 Å². The highest BCUT2D eigenvalue weighted by molar-refractivity contribution is 6.32. The Morgan fingerprint density at radius 3 is 2.39 bits per heavy atom. The Morgan fingerprint density at radius 1 is 1.09 bits per heavy atom. The third-order valence-electron chi connectivity index (χ3n) is 3.08. The molecule has 7 nitrogen and oxygen atoms in total. The van der Waals surface area contributed by atoms with Crippen molar-refractivity contribution in [3.05, 3.63) is 74.3 Å². The zero-order valence-corrected chi connectivity index (χ0v) is 12.8. The number of halogens is 1. The maximum absolute atomic E-state index is 12.0. The molecule has 0 unspecified atom stereocenters. The van der Waals surface area contributed by atoms with Gasteiger partial charge in [-0.1, -0.05) is 29.8 Å². The lowest BCUT2D eigenvalue weighted by Gasteiger charge is -2.09. The predicted molar refractivity (Wildman–Crippen MR) is 84.2 cm³/mol. The molecule has 2 N–H and O–H groups in total. The van der Waals surface area contributed by atoms with Crippen LogP contribution < -0.4 is 10.9 Å². The van der Waals surface area contributed by atoms with Crippen molar-refractivity contribution in [3.8, 4) is 0 Å². The summed E-state index contributed by atoms with van der Waals surface area (Å²) >= 11 is 5.68. The standard InChI is InChI=1S/C15H12ClN3O4/c1-9-4-2-3-5-11(9)15(21)18-17-14(20)10-6-7-12(16)13(8-10)19(22)23/h2-8H,1H3,(H,17,20)(H,18,21). The lowest BCUT2D eigenvalue weighted by molar-refractivity contribution is -0.384. The maximum atomic E-state index is 12.0. The molecule has 23 heavy (non-hydrogen) atoms. The number of amides is 2. The van der Waals surface area contributed by atoms with Crippen LogP contribution in [0.3, 0.4) is 0 Å². The van der Waals surface area contributed by atoms with Crippen molar-refractivity contribution in [3.63, 3.8) is 0 Å². The summed E-state index contributed by atoms with van der Waals surface area (Å²) in [6.45, 7) is 1.76. The van der Waals surface area contributed by atoms with Crippen LogP contribution in [0.4, 0.5) is 5.69 Å². The highest BCUT2D eigenvalue weighted by Gasteiger charge is 2.17. The van der Waals surface area contributed by atoms with Gasteiger partial charge < -0.3 is 0 Å². The summed E-state index contributed by atoms with van der Waals surface area (Å²) in [5.41, 5.74) is 5.25. The molecule has 2 rings (SSSR count). The first kappa shape index (κ1) is 16.4. The van der Waals surface area contributed by atoms with Crippen LogP contribution in [0.1, 0.15) is 26.3 Å². The topological polar surface area (TPSA) is 101 Å². The van der Waals surface area contributed by atoms with Crippen molar-refractivity contribution < 1.29 is 14.5 Å². The number of nitrogens with one attached hydrogen (secondary N) is 2. The van der Waals surface area contributed by atoms with Crippen LogP contribution in [0.2, 0.25) is 5.02 Å². The van der Waals surface area contributed by atoms with Crippen LogP contribution in [0.25, 0.3) is 0 Å². The Bertz CT molecular complexity index is 792. The highest BCUT2D eigenvalue weighted by atomic mass is 35.5. The van der Waals surface area contributed by atoms with Crippen LogP contribution in [0.5, 0.6) is 0 Å². The van der Waals surface area contributed by atoms with Gasteiger partial charge in [0.2, 0.25) is 0 Å². The number of hydrogen-bond donors (Lipinski definition) is 2. The third kappa shape index (κ3) is 3.83. The number of nitrogens with zero attached hydrogens (tertiary/aromatic N) is 1. The number of aryl methyl sites for hydroxylation is 1. The summed E-state index contributed by atoms with van der Waals surface area (Å²) in [6.07, 6.45) is 0. The predicted octanol–water partition coefficient (Wildman–Crippen LogP) is 2.63. The van der Waals surface area contributed by atoms with E-state index < -0.39 is 16.7 Å². The summed E-state index contributed by atoms with van der Waals surface area (Å²) in [7, 11) is 0. The molecule has 118 valence electrons. The Balaban J connectivity index is 2.08. The van der Waals surface area contributed by atoms with Crippen molar-refractivity contribution in [2.75, 3.05) is 0 Å². The second-order valence-electron chi connectivity index (χ2n) is 4.65. The summed E-state index contributed by atoms with van der Waals surface area (Å²) in [5.74, 6) is -1.17. The number of nitro groups is 1. The molecule has 0 fully saturated rings. The number of nitro benzene ring substituents is 1. The number of benzene rings is 2. The molecule has 0 radical (unpaired) electrons. The first-order valence-electron chi connectivity index (χ1n) is 6.50. The second kappa shape index (κ2) is 6.89. The molecule has 0 saturated heterocycles. The molecule has 8 heteroatoms. The lowest BCUT2D eigenvalue weighted by Crippen LogP contribution is -2.41.